The van der Waals surface area contributed by atoms with E-state index in [0.29, 0.717) is 5.41 Å². The third-order valence-electron chi connectivity index (χ3n) is 7.82. The van der Waals surface area contributed by atoms with Gasteiger partial charge in [0.1, 0.15) is 0 Å². The van der Waals surface area contributed by atoms with Crippen molar-refractivity contribution in [2.45, 2.75) is 77.6 Å². The lowest BCUT2D eigenvalue weighted by Gasteiger charge is -2.57. The maximum atomic E-state index is 12.9. The highest BCUT2D eigenvalue weighted by Gasteiger charge is 2.50. The molecule has 4 nitrogen and oxygen atoms in total. The van der Waals surface area contributed by atoms with Crippen molar-refractivity contribution in [1.82, 2.24) is 15.2 Å². The van der Waals surface area contributed by atoms with Crippen molar-refractivity contribution in [2.24, 2.45) is 23.2 Å². The van der Waals surface area contributed by atoms with Crippen molar-refractivity contribution in [3.8, 4) is 0 Å². The molecule has 0 spiro atoms. The second-order valence-corrected chi connectivity index (χ2v) is 10.3. The number of carbonyl (C=O) groups is 1. The molecule has 0 atom stereocenters. The number of pyridine rings is 1. The Kier molecular flexibility index (Phi) is 7.12. The predicted octanol–water partition coefficient (Wildman–Crippen LogP) is 5.95. The van der Waals surface area contributed by atoms with E-state index in [-0.39, 0.29) is 6.03 Å². The van der Waals surface area contributed by atoms with Gasteiger partial charge >= 0.3 is 6.03 Å². The quantitative estimate of drug-likeness (QED) is 0.486. The van der Waals surface area contributed by atoms with Gasteiger partial charge in [0.15, 0.2) is 0 Å². The van der Waals surface area contributed by atoms with Crippen LogP contribution in [0.15, 0.2) is 36.8 Å². The van der Waals surface area contributed by atoms with Crippen molar-refractivity contribution >= 4 is 6.03 Å². The summed E-state index contributed by atoms with van der Waals surface area (Å²) >= 11 is 0. The molecule has 0 aliphatic heterocycles. The number of hydrogen-bond acceptors (Lipinski definition) is 2. The molecule has 4 aliphatic rings. The molecule has 2 amide bonds. The molecule has 0 radical (unpaired) electrons. The maximum absolute atomic E-state index is 12.9. The van der Waals surface area contributed by atoms with E-state index in [9.17, 15) is 4.79 Å². The van der Waals surface area contributed by atoms with Crippen LogP contribution in [0.4, 0.5) is 4.79 Å². The van der Waals surface area contributed by atoms with Crippen LogP contribution in [0.1, 0.15) is 76.7 Å². The van der Waals surface area contributed by atoms with Gasteiger partial charge in [-0.25, -0.2) is 4.79 Å². The van der Waals surface area contributed by atoms with E-state index in [2.05, 4.69) is 22.1 Å². The fraction of sp³-hybridized carbons (Fsp3) is 0.692. The first-order chi connectivity index (χ1) is 14.7. The highest BCUT2D eigenvalue weighted by atomic mass is 16.2. The number of hydrogen-bond donors (Lipinski definition) is 1. The summed E-state index contributed by atoms with van der Waals surface area (Å²) in [4.78, 5) is 19.1. The molecular weight excluding hydrogens is 370 g/mol. The van der Waals surface area contributed by atoms with E-state index < -0.39 is 0 Å². The summed E-state index contributed by atoms with van der Waals surface area (Å²) < 4.78 is 0. The summed E-state index contributed by atoms with van der Waals surface area (Å²) in [5.41, 5.74) is 1.74. The molecule has 0 aromatic carbocycles. The molecular formula is C26H39N3O. The topological polar surface area (TPSA) is 45.2 Å². The van der Waals surface area contributed by atoms with Gasteiger partial charge < -0.3 is 10.2 Å². The molecule has 1 aromatic rings. The van der Waals surface area contributed by atoms with Crippen LogP contribution in [-0.4, -0.2) is 29.0 Å². The van der Waals surface area contributed by atoms with Crippen molar-refractivity contribution in [2.75, 3.05) is 13.1 Å². The molecule has 1 heterocycles. The van der Waals surface area contributed by atoms with Crippen molar-refractivity contribution in [1.29, 1.82) is 0 Å². The van der Waals surface area contributed by atoms with Gasteiger partial charge in [-0.05, 0) is 98.7 Å². The number of nitrogens with zero attached hydrogens (tertiary/aromatic N) is 2. The Labute approximate surface area is 182 Å². The third kappa shape index (κ3) is 5.44. The van der Waals surface area contributed by atoms with E-state index in [4.69, 9.17) is 0 Å². The van der Waals surface area contributed by atoms with Crippen LogP contribution in [0.3, 0.4) is 0 Å². The standard InChI is InChI=1S/C26H39N3O/c1-2-3-4-13-29(25(30)28-10-5-6-21-7-11-27-12-8-21)14-9-26-18-22-15-23(19-26)17-24(16-22)20-26/h5,7-8,10-12,22-24H,2-4,6,9,13-20H2,1H3,(H,28,30)/b10-5-. The Morgan fingerprint density at radius 3 is 2.40 bits per heavy atom. The average molecular weight is 410 g/mol. The molecule has 30 heavy (non-hydrogen) atoms. The smallest absolute Gasteiger partial charge is 0.321 e. The number of carbonyl (C=O) groups excluding carboxylic acids is 1. The Bertz CT molecular complexity index is 679. The number of rotatable bonds is 10. The first kappa shape index (κ1) is 21.4. The maximum Gasteiger partial charge on any atom is 0.321 e. The summed E-state index contributed by atoms with van der Waals surface area (Å²) in [5, 5.41) is 3.03. The van der Waals surface area contributed by atoms with Gasteiger partial charge in [0.25, 0.3) is 0 Å². The van der Waals surface area contributed by atoms with Crippen molar-refractivity contribution < 1.29 is 4.79 Å². The van der Waals surface area contributed by atoms with Gasteiger partial charge in [0.05, 0.1) is 0 Å². The zero-order valence-electron chi connectivity index (χ0n) is 18.7. The molecule has 4 bridgehead atoms. The normalized spacial score (nSPS) is 29.4. The lowest BCUT2D eigenvalue weighted by molar-refractivity contribution is -0.0596. The Balaban J connectivity index is 1.30. The first-order valence-electron chi connectivity index (χ1n) is 12.2. The summed E-state index contributed by atoms with van der Waals surface area (Å²) in [6.07, 6.45) is 21.7. The van der Waals surface area contributed by atoms with E-state index in [1.54, 1.807) is 0 Å². The molecule has 164 valence electrons. The van der Waals surface area contributed by atoms with E-state index in [0.717, 1.165) is 43.7 Å². The van der Waals surface area contributed by atoms with Crippen LogP contribution in [0, 0.1) is 23.2 Å². The molecule has 0 saturated heterocycles. The highest BCUT2D eigenvalue weighted by molar-refractivity contribution is 5.75. The van der Waals surface area contributed by atoms with Crippen LogP contribution in [0.2, 0.25) is 0 Å². The average Bonchev–Trinajstić information content (AvgIpc) is 2.73. The largest absolute Gasteiger partial charge is 0.325 e. The van der Waals surface area contributed by atoms with Gasteiger partial charge in [0, 0.05) is 31.7 Å². The van der Waals surface area contributed by atoms with Crippen LogP contribution in [-0.2, 0) is 6.42 Å². The Hall–Kier alpha value is -1.84. The molecule has 1 N–H and O–H groups in total. The zero-order chi connectivity index (χ0) is 20.8. The Morgan fingerprint density at radius 2 is 1.77 bits per heavy atom. The van der Waals surface area contributed by atoms with Crippen LogP contribution < -0.4 is 5.32 Å². The minimum atomic E-state index is 0.0711. The fourth-order valence-corrected chi connectivity index (χ4v) is 6.77. The van der Waals surface area contributed by atoms with Crippen molar-refractivity contribution in [3.05, 3.63) is 42.4 Å². The van der Waals surface area contributed by atoms with Gasteiger partial charge in [0.2, 0.25) is 0 Å². The number of allylic oxidation sites excluding steroid dienone is 1. The lowest BCUT2D eigenvalue weighted by atomic mass is 9.49. The molecule has 4 aliphatic carbocycles. The van der Waals surface area contributed by atoms with E-state index >= 15 is 0 Å². The number of aromatic nitrogens is 1. The fourth-order valence-electron chi connectivity index (χ4n) is 6.77. The summed E-state index contributed by atoms with van der Waals surface area (Å²) in [6.45, 7) is 4.02. The molecule has 4 fully saturated rings. The molecule has 5 rings (SSSR count). The molecule has 0 unspecified atom stereocenters. The number of urea groups is 1. The summed E-state index contributed by atoms with van der Waals surface area (Å²) in [7, 11) is 0. The van der Waals surface area contributed by atoms with Crippen LogP contribution in [0.5, 0.6) is 0 Å². The summed E-state index contributed by atoms with van der Waals surface area (Å²) in [6, 6.07) is 4.09. The van der Waals surface area contributed by atoms with Crippen LogP contribution in [0.25, 0.3) is 0 Å². The number of nitrogens with one attached hydrogen (secondary N) is 1. The number of amides is 2. The second-order valence-electron chi connectivity index (χ2n) is 10.3. The van der Waals surface area contributed by atoms with E-state index in [1.165, 1.54) is 63.4 Å². The highest BCUT2D eigenvalue weighted by Crippen LogP contribution is 2.61. The monoisotopic (exact) mass is 409 g/mol. The van der Waals surface area contributed by atoms with Gasteiger partial charge in [-0.3, -0.25) is 4.98 Å². The molecule has 1 aromatic heterocycles. The first-order valence-corrected chi connectivity index (χ1v) is 12.2. The Morgan fingerprint density at radius 1 is 1.10 bits per heavy atom. The predicted molar refractivity (Wildman–Crippen MR) is 122 cm³/mol. The van der Waals surface area contributed by atoms with Gasteiger partial charge in [-0.2, -0.15) is 0 Å². The zero-order valence-corrected chi connectivity index (χ0v) is 18.7. The summed E-state index contributed by atoms with van der Waals surface area (Å²) in [5.74, 6) is 2.94. The molecule has 4 heteroatoms. The number of unbranched alkanes of at least 4 members (excludes halogenated alkanes) is 2. The molecule has 4 saturated carbocycles. The minimum absolute atomic E-state index is 0.0711. The van der Waals surface area contributed by atoms with Crippen LogP contribution >= 0.6 is 0 Å². The minimum Gasteiger partial charge on any atom is -0.325 e. The third-order valence-corrected chi connectivity index (χ3v) is 7.82. The lowest BCUT2D eigenvalue weighted by Crippen LogP contribution is -2.48. The van der Waals surface area contributed by atoms with Gasteiger partial charge in [-0.15, -0.1) is 0 Å². The van der Waals surface area contributed by atoms with Gasteiger partial charge in [-0.1, -0.05) is 25.8 Å². The van der Waals surface area contributed by atoms with E-state index in [1.807, 2.05) is 36.8 Å². The second kappa shape index (κ2) is 9.98. The van der Waals surface area contributed by atoms with Crippen molar-refractivity contribution in [3.63, 3.8) is 0 Å². The SMILES string of the molecule is CCCCCN(CCC12CC3CC(CC(C3)C1)C2)C(=O)N/C=C\Cc1ccncc1.